The second-order valence-corrected chi connectivity index (χ2v) is 4.69. The summed E-state index contributed by atoms with van der Waals surface area (Å²) in [6.45, 7) is 0.379. The van der Waals surface area contributed by atoms with Gasteiger partial charge in [0.2, 0.25) is 0 Å². The van der Waals surface area contributed by atoms with Gasteiger partial charge in [-0.1, -0.05) is 6.07 Å². The normalized spacial score (nSPS) is 11.8. The number of alkyl halides is 3. The summed E-state index contributed by atoms with van der Waals surface area (Å²) in [6.07, 6.45) is -0.0876. The van der Waals surface area contributed by atoms with Crippen LogP contribution < -0.4 is 4.90 Å². The summed E-state index contributed by atoms with van der Waals surface area (Å²) < 4.78 is 40.1. The van der Waals surface area contributed by atoms with Gasteiger partial charge in [0.1, 0.15) is 12.1 Å². The van der Waals surface area contributed by atoms with Crippen LogP contribution in [0.25, 0.3) is 5.78 Å². The fraction of sp³-hybridized carbons (Fsp3) is 0.231. The quantitative estimate of drug-likeness (QED) is 0.742. The van der Waals surface area contributed by atoms with E-state index >= 15 is 0 Å². The Hall–Kier alpha value is -2.71. The van der Waals surface area contributed by atoms with E-state index in [1.54, 1.807) is 30.4 Å². The molecule has 0 fully saturated rings. The summed E-state index contributed by atoms with van der Waals surface area (Å²) in [4.78, 5) is 12.8. The first kappa shape index (κ1) is 14.2. The smallest absolute Gasteiger partial charge is 0.355 e. The highest BCUT2D eigenvalue weighted by Gasteiger charge is 2.34. The summed E-state index contributed by atoms with van der Waals surface area (Å²) >= 11 is 0. The predicted molar refractivity (Wildman–Crippen MR) is 72.1 cm³/mol. The monoisotopic (exact) mass is 308 g/mol. The van der Waals surface area contributed by atoms with E-state index in [-0.39, 0.29) is 11.6 Å². The Kier molecular flexibility index (Phi) is 3.39. The van der Waals surface area contributed by atoms with Crippen LogP contribution >= 0.6 is 0 Å². The molecular weight excluding hydrogens is 297 g/mol. The van der Waals surface area contributed by atoms with E-state index in [9.17, 15) is 13.2 Å². The number of fused-ring (bicyclic) bond motifs is 1. The molecule has 0 bridgehead atoms. The average molecular weight is 308 g/mol. The van der Waals surface area contributed by atoms with Gasteiger partial charge in [0.05, 0.1) is 0 Å². The Morgan fingerprint density at radius 3 is 2.82 bits per heavy atom. The fourth-order valence-electron chi connectivity index (χ4n) is 2.06. The van der Waals surface area contributed by atoms with Crippen LogP contribution in [0, 0.1) is 0 Å². The Balaban J connectivity index is 2.03. The lowest BCUT2D eigenvalue weighted by Gasteiger charge is -2.20. The zero-order valence-electron chi connectivity index (χ0n) is 11.5. The molecule has 22 heavy (non-hydrogen) atoms. The molecule has 9 heteroatoms. The predicted octanol–water partition coefficient (Wildman–Crippen LogP) is 2.17. The maximum absolute atomic E-state index is 12.9. The molecule has 0 saturated carbocycles. The molecule has 3 aromatic rings. The highest BCUT2D eigenvalue weighted by atomic mass is 19.4. The Morgan fingerprint density at radius 1 is 1.32 bits per heavy atom. The van der Waals surface area contributed by atoms with Crippen molar-refractivity contribution in [2.45, 2.75) is 12.7 Å². The van der Waals surface area contributed by atoms with Gasteiger partial charge in [-0.15, -0.1) is 0 Å². The highest BCUT2D eigenvalue weighted by molar-refractivity contribution is 5.47. The molecule has 114 valence electrons. The van der Waals surface area contributed by atoms with Gasteiger partial charge < -0.3 is 4.90 Å². The number of rotatable bonds is 3. The SMILES string of the molecule is CN(Cc1cccnc1)c1cc(C(F)(F)F)nc2ncnn12. The number of halogens is 3. The van der Waals surface area contributed by atoms with E-state index in [1.807, 2.05) is 6.07 Å². The summed E-state index contributed by atoms with van der Waals surface area (Å²) in [7, 11) is 1.67. The van der Waals surface area contributed by atoms with Crippen molar-refractivity contribution in [3.63, 3.8) is 0 Å². The molecule has 0 aliphatic heterocycles. The van der Waals surface area contributed by atoms with E-state index in [0.29, 0.717) is 6.54 Å². The van der Waals surface area contributed by atoms with Crippen molar-refractivity contribution in [1.29, 1.82) is 0 Å². The molecule has 0 aliphatic carbocycles. The van der Waals surface area contributed by atoms with E-state index in [1.165, 1.54) is 10.8 Å². The Labute approximate surface area is 123 Å². The molecule has 0 amide bonds. The second-order valence-electron chi connectivity index (χ2n) is 4.69. The fourth-order valence-corrected chi connectivity index (χ4v) is 2.06. The van der Waals surface area contributed by atoms with Crippen molar-refractivity contribution in [2.75, 3.05) is 11.9 Å². The summed E-state index contributed by atoms with van der Waals surface area (Å²) in [5, 5.41) is 3.92. The number of nitrogens with zero attached hydrogens (tertiary/aromatic N) is 6. The molecule has 0 aromatic carbocycles. The van der Waals surface area contributed by atoms with Crippen LogP contribution in [0.1, 0.15) is 11.3 Å². The van der Waals surface area contributed by atoms with Crippen molar-refractivity contribution in [3.8, 4) is 0 Å². The first-order valence-electron chi connectivity index (χ1n) is 6.33. The summed E-state index contributed by atoms with van der Waals surface area (Å²) in [5.41, 5.74) is -0.135. The molecule has 0 atom stereocenters. The van der Waals surface area contributed by atoms with Crippen LogP contribution in [0.2, 0.25) is 0 Å². The zero-order chi connectivity index (χ0) is 15.7. The molecule has 0 aliphatic rings. The number of pyridine rings is 1. The van der Waals surface area contributed by atoms with Crippen LogP contribution in [-0.2, 0) is 12.7 Å². The summed E-state index contributed by atoms with van der Waals surface area (Å²) in [5.74, 6) is 0.154. The van der Waals surface area contributed by atoms with Crippen molar-refractivity contribution >= 4 is 11.6 Å². The second kappa shape index (κ2) is 5.24. The van der Waals surface area contributed by atoms with Crippen LogP contribution in [0.5, 0.6) is 0 Å². The Morgan fingerprint density at radius 2 is 2.14 bits per heavy atom. The van der Waals surface area contributed by atoms with Gasteiger partial charge in [0.25, 0.3) is 5.78 Å². The molecule has 0 spiro atoms. The molecular formula is C13H11F3N6. The first-order chi connectivity index (χ1) is 10.4. The molecule has 3 heterocycles. The van der Waals surface area contributed by atoms with Crippen LogP contribution in [0.15, 0.2) is 36.9 Å². The van der Waals surface area contributed by atoms with E-state index in [4.69, 9.17) is 0 Å². The van der Waals surface area contributed by atoms with E-state index in [2.05, 4.69) is 20.1 Å². The first-order valence-corrected chi connectivity index (χ1v) is 6.33. The highest BCUT2D eigenvalue weighted by Crippen LogP contribution is 2.30. The van der Waals surface area contributed by atoms with Gasteiger partial charge in [-0.05, 0) is 11.6 Å². The minimum absolute atomic E-state index is 0.0946. The number of anilines is 1. The lowest BCUT2D eigenvalue weighted by Crippen LogP contribution is -2.22. The third-order valence-electron chi connectivity index (χ3n) is 3.06. The van der Waals surface area contributed by atoms with Crippen molar-refractivity contribution in [1.82, 2.24) is 24.6 Å². The van der Waals surface area contributed by atoms with Crippen LogP contribution in [0.3, 0.4) is 0 Å². The van der Waals surface area contributed by atoms with Gasteiger partial charge in [0.15, 0.2) is 5.69 Å². The summed E-state index contributed by atoms with van der Waals surface area (Å²) in [6, 6.07) is 4.56. The van der Waals surface area contributed by atoms with Gasteiger partial charge >= 0.3 is 6.18 Å². The standard InChI is InChI=1S/C13H11F3N6/c1-21(7-9-3-2-4-17-6-9)11-5-10(13(14,15)16)20-12-18-8-19-22(11)12/h2-6,8H,7H2,1H3. The van der Waals surface area contributed by atoms with Gasteiger partial charge in [-0.3, -0.25) is 4.98 Å². The number of aromatic nitrogens is 5. The molecule has 0 unspecified atom stereocenters. The largest absolute Gasteiger partial charge is 0.433 e. The maximum atomic E-state index is 12.9. The van der Waals surface area contributed by atoms with Gasteiger partial charge in [-0.2, -0.15) is 27.8 Å². The van der Waals surface area contributed by atoms with Gasteiger partial charge in [0, 0.05) is 32.1 Å². The van der Waals surface area contributed by atoms with E-state index in [0.717, 1.165) is 11.6 Å². The van der Waals surface area contributed by atoms with Crippen molar-refractivity contribution in [2.24, 2.45) is 0 Å². The Bertz CT molecular complexity index is 783. The molecule has 3 rings (SSSR count). The molecule has 3 aromatic heterocycles. The van der Waals surface area contributed by atoms with Crippen molar-refractivity contribution < 1.29 is 13.2 Å². The topological polar surface area (TPSA) is 59.2 Å². The third-order valence-corrected chi connectivity index (χ3v) is 3.06. The molecule has 0 saturated heterocycles. The lowest BCUT2D eigenvalue weighted by atomic mass is 10.2. The molecule has 6 nitrogen and oxygen atoms in total. The van der Waals surface area contributed by atoms with Crippen LogP contribution in [0.4, 0.5) is 19.0 Å². The van der Waals surface area contributed by atoms with Crippen LogP contribution in [-0.4, -0.2) is 31.6 Å². The average Bonchev–Trinajstić information content (AvgIpc) is 2.94. The third kappa shape index (κ3) is 2.69. The number of hydrogen-bond donors (Lipinski definition) is 0. The minimum atomic E-state index is -4.54. The van der Waals surface area contributed by atoms with Crippen molar-refractivity contribution in [3.05, 3.63) is 48.2 Å². The van der Waals surface area contributed by atoms with E-state index < -0.39 is 11.9 Å². The number of hydrogen-bond acceptors (Lipinski definition) is 5. The maximum Gasteiger partial charge on any atom is 0.433 e. The lowest BCUT2D eigenvalue weighted by molar-refractivity contribution is -0.141. The van der Waals surface area contributed by atoms with Gasteiger partial charge in [-0.25, -0.2) is 4.98 Å². The molecule has 0 radical (unpaired) electrons. The zero-order valence-corrected chi connectivity index (χ0v) is 11.5. The minimum Gasteiger partial charge on any atom is -0.355 e. The molecule has 0 N–H and O–H groups in total.